The van der Waals surface area contributed by atoms with Crippen LogP contribution in [0.5, 0.6) is 5.75 Å². The number of nitrogens with one attached hydrogen (secondary N) is 1. The number of pyridine rings is 1. The zero-order valence-electron chi connectivity index (χ0n) is 14.8. The number of azo groups is 1. The van der Waals surface area contributed by atoms with Gasteiger partial charge in [-0.15, -0.1) is 22.0 Å². The molecule has 9 nitrogen and oxygen atoms in total. The number of hydrogen-bond donors (Lipinski definition) is 2. The largest absolute Gasteiger partial charge is 0.504 e. The minimum Gasteiger partial charge on any atom is -0.504 e. The quantitative estimate of drug-likeness (QED) is 0.444. The summed E-state index contributed by atoms with van der Waals surface area (Å²) in [4.78, 5) is 16.4. The van der Waals surface area contributed by atoms with Gasteiger partial charge in [0.15, 0.2) is 22.4 Å². The Bertz CT molecular complexity index is 1110. The second-order valence-electron chi connectivity index (χ2n) is 5.25. The molecule has 0 fully saturated rings. The van der Waals surface area contributed by atoms with Crippen molar-refractivity contribution < 1.29 is 14.6 Å². The van der Waals surface area contributed by atoms with Crippen molar-refractivity contribution in [1.29, 1.82) is 5.26 Å². The summed E-state index contributed by atoms with van der Waals surface area (Å²) >= 11 is 2.62. The molecule has 1 aromatic carbocycles. The molecule has 0 radical (unpaired) electrons. The van der Waals surface area contributed by atoms with Crippen LogP contribution in [-0.2, 0) is 4.74 Å². The Kier molecular flexibility index (Phi) is 6.03. The molecular formula is C17H14N6O3S2. The van der Waals surface area contributed by atoms with Crippen molar-refractivity contribution in [2.75, 3.05) is 18.2 Å². The average molecular weight is 414 g/mol. The van der Waals surface area contributed by atoms with Crippen LogP contribution in [0.4, 0.5) is 21.4 Å². The van der Waals surface area contributed by atoms with Gasteiger partial charge >= 0.3 is 6.09 Å². The number of hydrogen-bond acceptors (Lipinski definition) is 10. The lowest BCUT2D eigenvalue weighted by Gasteiger charge is -2.06. The summed E-state index contributed by atoms with van der Waals surface area (Å²) in [6.45, 7) is 1.85. The lowest BCUT2D eigenvalue weighted by molar-refractivity contribution is 0.167. The fraction of sp³-hybridized carbons (Fsp3) is 0.176. The summed E-state index contributed by atoms with van der Waals surface area (Å²) in [5, 5.41) is 30.9. The summed E-state index contributed by atoms with van der Waals surface area (Å²) in [7, 11) is 0. The van der Waals surface area contributed by atoms with Crippen LogP contribution in [-0.4, -0.2) is 33.4 Å². The van der Waals surface area contributed by atoms with Crippen LogP contribution in [0.3, 0.4) is 0 Å². The Morgan fingerprint density at radius 1 is 1.43 bits per heavy atom. The molecular weight excluding hydrogens is 400 g/mol. The monoisotopic (exact) mass is 414 g/mol. The molecule has 142 valence electrons. The molecule has 0 aliphatic rings. The van der Waals surface area contributed by atoms with Crippen LogP contribution in [0.2, 0.25) is 0 Å². The van der Waals surface area contributed by atoms with Gasteiger partial charge in [0, 0.05) is 10.3 Å². The maximum Gasteiger partial charge on any atom is 0.412 e. The number of carbonyl (C=O) groups excluding carboxylic acids is 1. The number of carbonyl (C=O) groups is 1. The molecule has 0 spiro atoms. The number of nitriles is 1. The van der Waals surface area contributed by atoms with E-state index in [4.69, 9.17) is 4.74 Å². The van der Waals surface area contributed by atoms with Crippen molar-refractivity contribution in [2.45, 2.75) is 11.8 Å². The van der Waals surface area contributed by atoms with Gasteiger partial charge in [-0.3, -0.25) is 5.32 Å². The zero-order chi connectivity index (χ0) is 20.1. The summed E-state index contributed by atoms with van der Waals surface area (Å²) in [6, 6.07) is 8.53. The summed E-state index contributed by atoms with van der Waals surface area (Å²) < 4.78 is 9.10. The number of nitrogens with zero attached hydrogens (tertiary/aromatic N) is 5. The fourth-order valence-electron chi connectivity index (χ4n) is 2.24. The Labute approximate surface area is 168 Å². The number of aromatic nitrogens is 2. The average Bonchev–Trinajstić information content (AvgIpc) is 3.09. The highest BCUT2D eigenvalue weighted by Gasteiger charge is 2.12. The fourth-order valence-corrected chi connectivity index (χ4v) is 3.46. The first kappa shape index (κ1) is 19.5. The van der Waals surface area contributed by atoms with E-state index in [1.807, 2.05) is 12.3 Å². The van der Waals surface area contributed by atoms with Gasteiger partial charge in [0.25, 0.3) is 0 Å². The summed E-state index contributed by atoms with van der Waals surface area (Å²) in [6.07, 6.45) is 1.16. The van der Waals surface area contributed by atoms with Gasteiger partial charge < -0.3 is 9.84 Å². The number of ether oxygens (including phenoxy) is 1. The van der Waals surface area contributed by atoms with Crippen molar-refractivity contribution in [3.63, 3.8) is 0 Å². The van der Waals surface area contributed by atoms with E-state index in [9.17, 15) is 15.2 Å². The zero-order valence-corrected chi connectivity index (χ0v) is 16.5. The van der Waals surface area contributed by atoms with Crippen LogP contribution in [0.25, 0.3) is 10.9 Å². The van der Waals surface area contributed by atoms with Crippen molar-refractivity contribution in [3.05, 3.63) is 29.8 Å². The predicted molar refractivity (Wildman–Crippen MR) is 107 cm³/mol. The molecule has 0 aliphatic heterocycles. The number of thioether (sulfide) groups is 1. The van der Waals surface area contributed by atoms with Crippen LogP contribution in [0.15, 0.2) is 39.4 Å². The molecule has 11 heteroatoms. The van der Waals surface area contributed by atoms with Crippen molar-refractivity contribution in [3.8, 4) is 11.8 Å². The van der Waals surface area contributed by atoms with Crippen molar-refractivity contribution >= 4 is 56.9 Å². The molecule has 28 heavy (non-hydrogen) atoms. The second kappa shape index (κ2) is 8.64. The van der Waals surface area contributed by atoms with Gasteiger partial charge in [0.05, 0.1) is 17.7 Å². The highest BCUT2D eigenvalue weighted by atomic mass is 32.2. The van der Waals surface area contributed by atoms with E-state index in [1.165, 1.54) is 23.9 Å². The maximum absolute atomic E-state index is 11.5. The van der Waals surface area contributed by atoms with Gasteiger partial charge in [0.2, 0.25) is 0 Å². The van der Waals surface area contributed by atoms with Crippen LogP contribution in [0, 0.1) is 11.3 Å². The van der Waals surface area contributed by atoms with Crippen molar-refractivity contribution in [2.24, 2.45) is 10.2 Å². The number of amides is 1. The van der Waals surface area contributed by atoms with Gasteiger partial charge in [0.1, 0.15) is 6.07 Å². The smallest absolute Gasteiger partial charge is 0.412 e. The third-order valence-electron chi connectivity index (χ3n) is 3.50. The first-order valence-electron chi connectivity index (χ1n) is 7.98. The van der Waals surface area contributed by atoms with Gasteiger partial charge in [-0.25, -0.2) is 9.78 Å². The predicted octanol–water partition coefficient (Wildman–Crippen LogP) is 4.97. The first-order chi connectivity index (χ1) is 13.5. The van der Waals surface area contributed by atoms with Crippen LogP contribution < -0.4 is 5.32 Å². The number of benzene rings is 1. The van der Waals surface area contributed by atoms with E-state index in [2.05, 4.69) is 31.0 Å². The number of aromatic hydroxyl groups is 1. The van der Waals surface area contributed by atoms with Crippen LogP contribution in [0.1, 0.15) is 12.5 Å². The second-order valence-corrected chi connectivity index (χ2v) is 6.85. The Hall–Kier alpha value is -3.23. The van der Waals surface area contributed by atoms with Gasteiger partial charge in [-0.05, 0) is 49.0 Å². The molecule has 0 aliphatic carbocycles. The highest BCUT2D eigenvalue weighted by molar-refractivity contribution is 7.98. The molecule has 0 bridgehead atoms. The molecule has 0 saturated heterocycles. The normalized spacial score (nSPS) is 10.9. The molecule has 3 rings (SSSR count). The van der Waals surface area contributed by atoms with E-state index in [1.54, 1.807) is 13.0 Å². The maximum atomic E-state index is 11.5. The van der Waals surface area contributed by atoms with E-state index in [0.717, 1.165) is 21.9 Å². The number of anilines is 1. The SMILES string of the molecule is CCOC(=O)Nc1nc(/N=N/c2snc3cc(SC)c(C#N)cc23)ccc1O. The van der Waals surface area contributed by atoms with E-state index in [0.29, 0.717) is 16.0 Å². The minimum atomic E-state index is -0.735. The summed E-state index contributed by atoms with van der Waals surface area (Å²) in [5.74, 6) is -0.133. The Balaban J connectivity index is 1.90. The molecule has 2 heterocycles. The molecule has 0 saturated carbocycles. The van der Waals surface area contributed by atoms with Gasteiger partial charge in [-0.2, -0.15) is 9.64 Å². The third kappa shape index (κ3) is 4.19. The lowest BCUT2D eigenvalue weighted by Crippen LogP contribution is -2.14. The Morgan fingerprint density at radius 3 is 2.96 bits per heavy atom. The molecule has 0 unspecified atom stereocenters. The van der Waals surface area contributed by atoms with Crippen LogP contribution >= 0.6 is 23.3 Å². The number of rotatable bonds is 5. The first-order valence-corrected chi connectivity index (χ1v) is 9.98. The van der Waals surface area contributed by atoms with E-state index in [-0.39, 0.29) is 24.0 Å². The Morgan fingerprint density at radius 2 is 2.25 bits per heavy atom. The molecule has 2 N–H and O–H groups in total. The molecule has 3 aromatic rings. The number of fused-ring (bicyclic) bond motifs is 1. The third-order valence-corrected chi connectivity index (χ3v) is 5.04. The standard InChI is InChI=1S/C17H14N6O3S2/c1-3-26-17(25)20-15-12(24)4-5-14(19-15)21-22-16-10-6-9(8-18)13(27-2)7-11(10)23-28-16/h4-7,24H,3H2,1-2H3,(H,19,20,25)/b22-21+. The van der Waals surface area contributed by atoms with E-state index < -0.39 is 6.09 Å². The van der Waals surface area contributed by atoms with E-state index >= 15 is 0 Å². The molecule has 1 amide bonds. The molecule has 0 atom stereocenters. The highest BCUT2D eigenvalue weighted by Crippen LogP contribution is 2.35. The summed E-state index contributed by atoms with van der Waals surface area (Å²) in [5.41, 5.74) is 1.27. The molecule has 2 aromatic heterocycles. The van der Waals surface area contributed by atoms with Crippen molar-refractivity contribution in [1.82, 2.24) is 9.36 Å². The topological polar surface area (TPSA) is 133 Å². The lowest BCUT2D eigenvalue weighted by atomic mass is 10.2. The van der Waals surface area contributed by atoms with Gasteiger partial charge in [-0.1, -0.05) is 0 Å². The minimum absolute atomic E-state index is 0.0829.